The van der Waals surface area contributed by atoms with Gasteiger partial charge in [0.2, 0.25) is 0 Å². The molecule has 0 saturated carbocycles. The zero-order valence-electron chi connectivity index (χ0n) is 9.64. The third kappa shape index (κ3) is 1.97. The molecule has 4 heteroatoms. The summed E-state index contributed by atoms with van der Waals surface area (Å²) < 4.78 is 1.96. The zero-order chi connectivity index (χ0) is 11.5. The second kappa shape index (κ2) is 4.45. The lowest BCUT2D eigenvalue weighted by molar-refractivity contribution is 0.758. The van der Waals surface area contributed by atoms with Gasteiger partial charge < -0.3 is 10.3 Å². The van der Waals surface area contributed by atoms with E-state index in [1.54, 1.807) is 0 Å². The summed E-state index contributed by atoms with van der Waals surface area (Å²) in [7, 11) is 1.95. The number of nitrogens with two attached hydrogens (primary N) is 1. The number of aryl methyl sites for hydroxylation is 1. The fourth-order valence-electron chi connectivity index (χ4n) is 1.71. The second-order valence-electron chi connectivity index (χ2n) is 3.90. The lowest BCUT2D eigenvalue weighted by Gasteiger charge is -2.05. The highest BCUT2D eigenvalue weighted by Gasteiger charge is 2.08. The van der Waals surface area contributed by atoms with Gasteiger partial charge in [-0.05, 0) is 18.1 Å². The number of rotatable bonds is 3. The number of nitrogens with zero attached hydrogens (tertiary/aromatic N) is 3. The summed E-state index contributed by atoms with van der Waals surface area (Å²) in [6.07, 6.45) is 0.802. The van der Waals surface area contributed by atoms with Gasteiger partial charge in [-0.25, -0.2) is 0 Å². The van der Waals surface area contributed by atoms with Gasteiger partial charge in [-0.3, -0.25) is 0 Å². The Hall–Kier alpha value is -1.68. The van der Waals surface area contributed by atoms with E-state index in [0.717, 1.165) is 18.1 Å². The van der Waals surface area contributed by atoms with Gasteiger partial charge in [0.25, 0.3) is 0 Å². The van der Waals surface area contributed by atoms with E-state index in [4.69, 9.17) is 5.73 Å². The summed E-state index contributed by atoms with van der Waals surface area (Å²) >= 11 is 0. The van der Waals surface area contributed by atoms with Crippen molar-refractivity contribution in [2.24, 2.45) is 12.8 Å². The van der Waals surface area contributed by atoms with E-state index in [-0.39, 0.29) is 0 Å². The molecule has 1 aromatic heterocycles. The van der Waals surface area contributed by atoms with Crippen LogP contribution in [0.5, 0.6) is 0 Å². The van der Waals surface area contributed by atoms with Crippen LogP contribution in [-0.4, -0.2) is 14.8 Å². The molecule has 0 atom stereocenters. The smallest absolute Gasteiger partial charge is 0.146 e. The van der Waals surface area contributed by atoms with Gasteiger partial charge in [0.1, 0.15) is 11.6 Å². The van der Waals surface area contributed by atoms with E-state index in [1.165, 1.54) is 11.1 Å². The Morgan fingerprint density at radius 2 is 1.88 bits per heavy atom. The lowest BCUT2D eigenvalue weighted by Crippen LogP contribution is -2.07. The van der Waals surface area contributed by atoms with Crippen LogP contribution in [0.3, 0.4) is 0 Å². The fourth-order valence-corrected chi connectivity index (χ4v) is 1.71. The zero-order valence-corrected chi connectivity index (χ0v) is 9.64. The molecule has 2 rings (SSSR count). The molecular formula is C12H16N4. The summed E-state index contributed by atoms with van der Waals surface area (Å²) in [5.41, 5.74) is 8.12. The molecule has 0 fully saturated rings. The van der Waals surface area contributed by atoms with Crippen LogP contribution in [0.4, 0.5) is 0 Å². The molecule has 0 spiro atoms. The van der Waals surface area contributed by atoms with Crippen molar-refractivity contribution in [1.82, 2.24) is 14.8 Å². The molecule has 16 heavy (non-hydrogen) atoms. The standard InChI is InChI=1S/C12H16N4/c1-9-5-3-4-6-10(9)7-11-14-15-12(8-13)16(11)2/h3-6H,7-8,13H2,1-2H3. The Balaban J connectivity index is 2.27. The van der Waals surface area contributed by atoms with Crippen molar-refractivity contribution in [2.45, 2.75) is 19.9 Å². The molecule has 84 valence electrons. The summed E-state index contributed by atoms with van der Waals surface area (Å²) in [5.74, 6) is 1.78. The van der Waals surface area contributed by atoms with Gasteiger partial charge >= 0.3 is 0 Å². The highest BCUT2D eigenvalue weighted by atomic mass is 15.3. The van der Waals surface area contributed by atoms with Crippen LogP contribution in [0.15, 0.2) is 24.3 Å². The van der Waals surface area contributed by atoms with E-state index in [2.05, 4.69) is 29.3 Å². The van der Waals surface area contributed by atoms with Crippen LogP contribution in [-0.2, 0) is 20.0 Å². The first kappa shape index (κ1) is 10.8. The third-order valence-electron chi connectivity index (χ3n) is 2.85. The summed E-state index contributed by atoms with van der Waals surface area (Å²) in [6, 6.07) is 8.31. The molecule has 0 aliphatic heterocycles. The summed E-state index contributed by atoms with van der Waals surface area (Å²) in [5, 5.41) is 8.20. The Bertz CT molecular complexity index is 488. The van der Waals surface area contributed by atoms with Gasteiger partial charge in [0, 0.05) is 13.5 Å². The molecule has 0 radical (unpaired) electrons. The Labute approximate surface area is 95.1 Å². The number of benzene rings is 1. The SMILES string of the molecule is Cc1ccccc1Cc1nnc(CN)n1C. The molecule has 0 bridgehead atoms. The molecule has 4 nitrogen and oxygen atoms in total. The molecule has 0 aliphatic carbocycles. The van der Waals surface area contributed by atoms with E-state index in [9.17, 15) is 0 Å². The van der Waals surface area contributed by atoms with Crippen molar-refractivity contribution in [3.8, 4) is 0 Å². The van der Waals surface area contributed by atoms with E-state index >= 15 is 0 Å². The molecular weight excluding hydrogens is 200 g/mol. The van der Waals surface area contributed by atoms with Gasteiger partial charge in [-0.1, -0.05) is 24.3 Å². The van der Waals surface area contributed by atoms with Crippen LogP contribution >= 0.6 is 0 Å². The minimum absolute atomic E-state index is 0.428. The maximum Gasteiger partial charge on any atom is 0.146 e. The molecule has 0 unspecified atom stereocenters. The Morgan fingerprint density at radius 3 is 2.50 bits per heavy atom. The summed E-state index contributed by atoms with van der Waals surface area (Å²) in [4.78, 5) is 0. The highest BCUT2D eigenvalue weighted by Crippen LogP contribution is 2.12. The first-order valence-corrected chi connectivity index (χ1v) is 5.34. The average molecular weight is 216 g/mol. The molecule has 0 saturated heterocycles. The van der Waals surface area contributed by atoms with Crippen molar-refractivity contribution < 1.29 is 0 Å². The molecule has 0 amide bonds. The topological polar surface area (TPSA) is 56.7 Å². The van der Waals surface area contributed by atoms with Crippen molar-refractivity contribution in [1.29, 1.82) is 0 Å². The van der Waals surface area contributed by atoms with Crippen molar-refractivity contribution in [3.63, 3.8) is 0 Å². The Morgan fingerprint density at radius 1 is 1.19 bits per heavy atom. The van der Waals surface area contributed by atoms with Crippen LogP contribution < -0.4 is 5.73 Å². The highest BCUT2D eigenvalue weighted by molar-refractivity contribution is 5.28. The fraction of sp³-hybridized carbons (Fsp3) is 0.333. The minimum atomic E-state index is 0.428. The van der Waals surface area contributed by atoms with Gasteiger partial charge in [-0.2, -0.15) is 0 Å². The van der Waals surface area contributed by atoms with Gasteiger partial charge in [-0.15, -0.1) is 10.2 Å². The average Bonchev–Trinajstić information content (AvgIpc) is 2.63. The first-order valence-electron chi connectivity index (χ1n) is 5.34. The monoisotopic (exact) mass is 216 g/mol. The largest absolute Gasteiger partial charge is 0.324 e. The maximum atomic E-state index is 5.56. The van der Waals surface area contributed by atoms with Crippen LogP contribution in [0.1, 0.15) is 22.8 Å². The van der Waals surface area contributed by atoms with Crippen molar-refractivity contribution in [2.75, 3.05) is 0 Å². The lowest BCUT2D eigenvalue weighted by atomic mass is 10.1. The van der Waals surface area contributed by atoms with Crippen LogP contribution in [0.2, 0.25) is 0 Å². The first-order chi connectivity index (χ1) is 7.72. The van der Waals surface area contributed by atoms with Crippen molar-refractivity contribution in [3.05, 3.63) is 47.0 Å². The van der Waals surface area contributed by atoms with Gasteiger partial charge in [0.15, 0.2) is 0 Å². The molecule has 1 aromatic carbocycles. The normalized spacial score (nSPS) is 10.7. The number of hydrogen-bond donors (Lipinski definition) is 1. The Kier molecular flexibility index (Phi) is 3.01. The minimum Gasteiger partial charge on any atom is -0.324 e. The summed E-state index contributed by atoms with van der Waals surface area (Å²) in [6.45, 7) is 2.53. The maximum absolute atomic E-state index is 5.56. The second-order valence-corrected chi connectivity index (χ2v) is 3.90. The molecule has 2 N–H and O–H groups in total. The van der Waals surface area contributed by atoms with Crippen LogP contribution in [0.25, 0.3) is 0 Å². The number of hydrogen-bond acceptors (Lipinski definition) is 3. The quantitative estimate of drug-likeness (QED) is 0.838. The molecule has 0 aliphatic rings. The molecule has 2 aromatic rings. The van der Waals surface area contributed by atoms with E-state index in [0.29, 0.717) is 6.54 Å². The third-order valence-corrected chi connectivity index (χ3v) is 2.85. The molecule has 1 heterocycles. The van der Waals surface area contributed by atoms with Crippen LogP contribution in [0, 0.1) is 6.92 Å². The van der Waals surface area contributed by atoms with Crippen molar-refractivity contribution >= 4 is 0 Å². The van der Waals surface area contributed by atoms with E-state index < -0.39 is 0 Å². The predicted molar refractivity (Wildman–Crippen MR) is 62.9 cm³/mol. The van der Waals surface area contributed by atoms with E-state index in [1.807, 2.05) is 23.7 Å². The van der Waals surface area contributed by atoms with Gasteiger partial charge in [0.05, 0.1) is 6.54 Å². The predicted octanol–water partition coefficient (Wildman–Crippen LogP) is 1.17. The number of aromatic nitrogens is 3.